The van der Waals surface area contributed by atoms with Crippen LogP contribution in [0.25, 0.3) is 0 Å². The Morgan fingerprint density at radius 2 is 1.61 bits per heavy atom. The van der Waals surface area contributed by atoms with Crippen LogP contribution in [0.2, 0.25) is 0 Å². The van der Waals surface area contributed by atoms with E-state index < -0.39 is 28.5 Å². The van der Waals surface area contributed by atoms with Crippen LogP contribution in [-0.2, 0) is 26.2 Å². The zero-order valence-corrected chi connectivity index (χ0v) is 23.4. The number of benzene rings is 3. The summed E-state index contributed by atoms with van der Waals surface area (Å²) in [5, 5.41) is 2.90. The van der Waals surface area contributed by atoms with Crippen molar-refractivity contribution >= 4 is 27.5 Å². The molecule has 0 heterocycles. The van der Waals surface area contributed by atoms with Gasteiger partial charge in [-0.3, -0.25) is 13.9 Å². The van der Waals surface area contributed by atoms with E-state index >= 15 is 0 Å². The van der Waals surface area contributed by atoms with Crippen LogP contribution in [0.1, 0.15) is 43.4 Å². The third-order valence-electron chi connectivity index (χ3n) is 6.50. The topological polar surface area (TPSA) is 86.8 Å². The summed E-state index contributed by atoms with van der Waals surface area (Å²) < 4.78 is 28.7. The Morgan fingerprint density at radius 3 is 2.26 bits per heavy atom. The van der Waals surface area contributed by atoms with Crippen molar-refractivity contribution in [3.63, 3.8) is 0 Å². The summed E-state index contributed by atoms with van der Waals surface area (Å²) in [5.74, 6) is -0.735. The van der Waals surface area contributed by atoms with Crippen LogP contribution in [0.4, 0.5) is 5.69 Å². The number of hydrogen-bond donors (Lipinski definition) is 1. The predicted molar refractivity (Wildman–Crippen MR) is 151 cm³/mol. The molecule has 0 bridgehead atoms. The molecule has 7 nitrogen and oxygen atoms in total. The van der Waals surface area contributed by atoms with Crippen LogP contribution in [0.3, 0.4) is 0 Å². The van der Waals surface area contributed by atoms with Crippen LogP contribution < -0.4 is 9.62 Å². The lowest BCUT2D eigenvalue weighted by atomic mass is 10.1. The summed E-state index contributed by atoms with van der Waals surface area (Å²) in [6, 6.07) is 22.0. The number of aryl methyl sites for hydroxylation is 2. The molecule has 0 saturated carbocycles. The molecule has 8 heteroatoms. The van der Waals surface area contributed by atoms with Gasteiger partial charge in [-0.15, -0.1) is 0 Å². The van der Waals surface area contributed by atoms with Gasteiger partial charge in [0.1, 0.15) is 12.6 Å². The van der Waals surface area contributed by atoms with Gasteiger partial charge in [0, 0.05) is 13.1 Å². The van der Waals surface area contributed by atoms with Gasteiger partial charge in [-0.05, 0) is 68.1 Å². The van der Waals surface area contributed by atoms with Gasteiger partial charge in [-0.25, -0.2) is 8.42 Å². The molecule has 0 radical (unpaired) electrons. The molecule has 202 valence electrons. The van der Waals surface area contributed by atoms with Gasteiger partial charge in [0.25, 0.3) is 10.0 Å². The summed E-state index contributed by atoms with van der Waals surface area (Å²) in [7, 11) is -4.06. The van der Waals surface area contributed by atoms with Crippen molar-refractivity contribution < 1.29 is 18.0 Å². The molecule has 0 fully saturated rings. The monoisotopic (exact) mass is 535 g/mol. The zero-order chi connectivity index (χ0) is 27.7. The van der Waals surface area contributed by atoms with E-state index in [1.54, 1.807) is 43.3 Å². The molecule has 3 aromatic rings. The number of hydrogen-bond acceptors (Lipinski definition) is 4. The van der Waals surface area contributed by atoms with Gasteiger partial charge in [-0.1, -0.05) is 67.9 Å². The lowest BCUT2D eigenvalue weighted by Crippen LogP contribution is -2.51. The highest BCUT2D eigenvalue weighted by Crippen LogP contribution is 2.25. The fourth-order valence-corrected chi connectivity index (χ4v) is 5.55. The molecule has 3 aromatic carbocycles. The number of anilines is 1. The molecule has 1 atom stereocenters. The second-order valence-electron chi connectivity index (χ2n) is 9.43. The van der Waals surface area contributed by atoms with Crippen molar-refractivity contribution in [2.45, 2.75) is 58.0 Å². The first-order valence-electron chi connectivity index (χ1n) is 12.9. The van der Waals surface area contributed by atoms with Crippen LogP contribution in [0.15, 0.2) is 83.8 Å². The molecular formula is C30H37N3O4S. The molecule has 1 unspecified atom stereocenters. The van der Waals surface area contributed by atoms with E-state index in [-0.39, 0.29) is 17.3 Å². The number of amides is 2. The lowest BCUT2D eigenvalue weighted by molar-refractivity contribution is -0.139. The van der Waals surface area contributed by atoms with Crippen LogP contribution >= 0.6 is 0 Å². The van der Waals surface area contributed by atoms with E-state index in [0.717, 1.165) is 33.8 Å². The number of unbranched alkanes of at least 4 members (excludes halogenated alkanes) is 1. The Labute approximate surface area is 226 Å². The molecule has 1 N–H and O–H groups in total. The van der Waals surface area contributed by atoms with E-state index in [2.05, 4.69) is 5.32 Å². The smallest absolute Gasteiger partial charge is 0.264 e. The summed E-state index contributed by atoms with van der Waals surface area (Å²) in [6.45, 7) is 7.79. The van der Waals surface area contributed by atoms with Crippen LogP contribution in [0.5, 0.6) is 0 Å². The predicted octanol–water partition coefficient (Wildman–Crippen LogP) is 4.83. The number of nitrogens with zero attached hydrogens (tertiary/aromatic N) is 2. The molecule has 2 amide bonds. The number of sulfonamides is 1. The van der Waals surface area contributed by atoms with E-state index in [1.807, 2.05) is 51.1 Å². The first-order chi connectivity index (χ1) is 18.1. The number of rotatable bonds is 12. The van der Waals surface area contributed by atoms with Crippen molar-refractivity contribution in [3.8, 4) is 0 Å². The molecule has 0 aromatic heterocycles. The van der Waals surface area contributed by atoms with Crippen molar-refractivity contribution in [1.82, 2.24) is 10.2 Å². The van der Waals surface area contributed by atoms with Crippen LogP contribution in [-0.4, -0.2) is 44.3 Å². The molecule has 0 saturated heterocycles. The average Bonchev–Trinajstić information content (AvgIpc) is 2.91. The Hall–Kier alpha value is -3.65. The Balaban J connectivity index is 2.00. The average molecular weight is 536 g/mol. The molecule has 3 rings (SSSR count). The van der Waals surface area contributed by atoms with Gasteiger partial charge in [0.2, 0.25) is 11.8 Å². The summed E-state index contributed by atoms with van der Waals surface area (Å²) in [6.07, 6.45) is 1.77. The molecule has 0 aliphatic carbocycles. The highest BCUT2D eigenvalue weighted by atomic mass is 32.2. The fourth-order valence-electron chi connectivity index (χ4n) is 4.12. The number of carbonyl (C=O) groups excluding carboxylic acids is 2. The van der Waals surface area contributed by atoms with E-state index in [9.17, 15) is 18.0 Å². The maximum absolute atomic E-state index is 13.9. The van der Waals surface area contributed by atoms with Gasteiger partial charge in [0.15, 0.2) is 0 Å². The first-order valence-corrected chi connectivity index (χ1v) is 14.3. The minimum absolute atomic E-state index is 0.0881. The largest absolute Gasteiger partial charge is 0.354 e. The molecule has 0 aliphatic rings. The second-order valence-corrected chi connectivity index (χ2v) is 11.3. The molecule has 0 spiro atoms. The highest BCUT2D eigenvalue weighted by Gasteiger charge is 2.32. The fraction of sp³-hybridized carbons (Fsp3) is 0.333. The quantitative estimate of drug-likeness (QED) is 0.337. The highest BCUT2D eigenvalue weighted by molar-refractivity contribution is 7.92. The maximum Gasteiger partial charge on any atom is 0.264 e. The minimum Gasteiger partial charge on any atom is -0.354 e. The summed E-state index contributed by atoms with van der Waals surface area (Å²) >= 11 is 0. The second kappa shape index (κ2) is 13.2. The third-order valence-corrected chi connectivity index (χ3v) is 8.29. The maximum atomic E-state index is 13.9. The normalized spacial score (nSPS) is 12.0. The van der Waals surface area contributed by atoms with E-state index in [0.29, 0.717) is 12.2 Å². The Bertz CT molecular complexity index is 1340. The Kier molecular flexibility index (Phi) is 10.1. The zero-order valence-electron chi connectivity index (χ0n) is 22.6. The lowest BCUT2D eigenvalue weighted by Gasteiger charge is -2.32. The standard InChI is InChI=1S/C30H37N3O4S/c1-5-6-19-31-30(35)25(4)32(21-26-15-11-10-14-24(26)3)29(34)22-33(27-16-12-13-23(2)20-27)38(36,37)28-17-8-7-9-18-28/h7-18,20,25H,5-6,19,21-22H2,1-4H3,(H,31,35). The SMILES string of the molecule is CCCCNC(=O)C(C)N(Cc1ccccc1C)C(=O)CN(c1cccc(C)c1)S(=O)(=O)c1ccccc1. The first kappa shape index (κ1) is 28.9. The summed E-state index contributed by atoms with van der Waals surface area (Å²) in [5.41, 5.74) is 3.13. The third kappa shape index (κ3) is 7.22. The van der Waals surface area contributed by atoms with Gasteiger partial charge in [-0.2, -0.15) is 0 Å². The van der Waals surface area contributed by atoms with E-state index in [4.69, 9.17) is 0 Å². The van der Waals surface area contributed by atoms with Crippen molar-refractivity contribution in [2.75, 3.05) is 17.4 Å². The van der Waals surface area contributed by atoms with Crippen LogP contribution in [0, 0.1) is 13.8 Å². The molecule has 38 heavy (non-hydrogen) atoms. The van der Waals surface area contributed by atoms with Gasteiger partial charge in [0.05, 0.1) is 10.6 Å². The molecule has 0 aliphatic heterocycles. The number of carbonyl (C=O) groups is 2. The van der Waals surface area contributed by atoms with Crippen molar-refractivity contribution in [3.05, 3.63) is 95.6 Å². The minimum atomic E-state index is -4.06. The Morgan fingerprint density at radius 1 is 0.921 bits per heavy atom. The summed E-state index contributed by atoms with van der Waals surface area (Å²) in [4.78, 5) is 28.5. The van der Waals surface area contributed by atoms with Crippen molar-refractivity contribution in [1.29, 1.82) is 0 Å². The van der Waals surface area contributed by atoms with Gasteiger partial charge >= 0.3 is 0 Å². The van der Waals surface area contributed by atoms with E-state index in [1.165, 1.54) is 17.0 Å². The molecular weight excluding hydrogens is 498 g/mol. The van der Waals surface area contributed by atoms with Gasteiger partial charge < -0.3 is 10.2 Å². The van der Waals surface area contributed by atoms with Crippen molar-refractivity contribution in [2.24, 2.45) is 0 Å². The number of nitrogens with one attached hydrogen (secondary N) is 1.